The lowest BCUT2D eigenvalue weighted by molar-refractivity contribution is 0.0690. The number of fused-ring (bicyclic) bond motifs is 5. The number of hydrogen-bond acceptors (Lipinski definition) is 4. The van der Waals surface area contributed by atoms with E-state index in [1.807, 2.05) is 55.1 Å². The summed E-state index contributed by atoms with van der Waals surface area (Å²) in [5.74, 6) is -5.50. The maximum absolute atomic E-state index is 16.6. The topological polar surface area (TPSA) is 56.7 Å². The standard InChI is InChI=1S/C34H29F3N2O3S/c1-38(2)22-16-23-24(19-11-5-4-10-18(19)22)25(26-27(34(40)41)28(35)30(37)33(43-3)29(26)36)21-15-17-9-6-7-13-39-14-8-12-20(31(17)39)32(21)42-23/h4-5,10-11,15-16H,6-9,12-14H2,1-3H3/p+1. The lowest BCUT2D eigenvalue weighted by atomic mass is 9.84. The summed E-state index contributed by atoms with van der Waals surface area (Å²) in [5.41, 5.74) is 2.92. The van der Waals surface area contributed by atoms with Crippen molar-refractivity contribution in [1.82, 2.24) is 4.58 Å². The Kier molecular flexibility index (Phi) is 6.69. The van der Waals surface area contributed by atoms with E-state index in [-0.39, 0.29) is 5.56 Å². The number of aromatic carboxylic acids is 1. The van der Waals surface area contributed by atoms with E-state index >= 15 is 13.2 Å². The quantitative estimate of drug-likeness (QED) is 0.0771. The van der Waals surface area contributed by atoms with Gasteiger partial charge in [-0.1, -0.05) is 18.2 Å². The molecule has 4 aliphatic rings. The SMILES string of the molecule is CSc1c(F)c(F)c(C(=O)O)c(-c2c3c4ccccc4c(=[N+](C)C)cc-3oc3c4c5c(cc23)CCCCN5CCC4)c1F. The molecule has 0 fully saturated rings. The van der Waals surface area contributed by atoms with Gasteiger partial charge in [0.2, 0.25) is 5.36 Å². The van der Waals surface area contributed by atoms with Crippen LogP contribution in [0.4, 0.5) is 18.9 Å². The Morgan fingerprint density at radius 3 is 2.37 bits per heavy atom. The van der Waals surface area contributed by atoms with E-state index in [4.69, 9.17) is 4.42 Å². The second-order valence-corrected chi connectivity index (χ2v) is 12.3. The van der Waals surface area contributed by atoms with Gasteiger partial charge in [0.05, 0.1) is 16.3 Å². The van der Waals surface area contributed by atoms with Gasteiger partial charge in [-0.15, -0.1) is 11.8 Å². The van der Waals surface area contributed by atoms with Crippen molar-refractivity contribution in [1.29, 1.82) is 0 Å². The number of carboxylic acid groups (broad SMARTS) is 1. The molecule has 0 bridgehead atoms. The maximum Gasteiger partial charge on any atom is 0.339 e. The van der Waals surface area contributed by atoms with Crippen LogP contribution in [0.2, 0.25) is 0 Å². The molecule has 7 rings (SSSR count). The summed E-state index contributed by atoms with van der Waals surface area (Å²) in [5, 5.41) is 13.1. The molecule has 3 heterocycles. The van der Waals surface area contributed by atoms with Gasteiger partial charge < -0.3 is 14.4 Å². The predicted octanol–water partition coefficient (Wildman–Crippen LogP) is 7.32. The van der Waals surface area contributed by atoms with Crippen molar-refractivity contribution in [3.05, 3.63) is 75.9 Å². The molecule has 1 aliphatic carbocycles. The number of halogens is 3. The predicted molar refractivity (Wildman–Crippen MR) is 165 cm³/mol. The highest BCUT2D eigenvalue weighted by atomic mass is 32.2. The minimum Gasteiger partial charge on any atom is -0.478 e. The minimum atomic E-state index is -1.74. The van der Waals surface area contributed by atoms with E-state index in [1.54, 1.807) is 0 Å². The van der Waals surface area contributed by atoms with Gasteiger partial charge >= 0.3 is 5.97 Å². The Bertz CT molecular complexity index is 2050. The van der Waals surface area contributed by atoms with Crippen LogP contribution in [0, 0.1) is 17.5 Å². The van der Waals surface area contributed by atoms with E-state index in [2.05, 4.69) is 4.90 Å². The van der Waals surface area contributed by atoms with Gasteiger partial charge in [-0.25, -0.2) is 22.5 Å². The zero-order chi connectivity index (χ0) is 30.2. The molecule has 3 aromatic carbocycles. The molecule has 0 aromatic heterocycles. The van der Waals surface area contributed by atoms with Crippen LogP contribution >= 0.6 is 11.8 Å². The largest absolute Gasteiger partial charge is 0.478 e. The molecule has 0 saturated carbocycles. The van der Waals surface area contributed by atoms with E-state index < -0.39 is 39.4 Å². The van der Waals surface area contributed by atoms with Gasteiger partial charge in [0.1, 0.15) is 36.8 Å². The van der Waals surface area contributed by atoms with Crippen LogP contribution in [0.1, 0.15) is 40.7 Å². The monoisotopic (exact) mass is 603 g/mol. The average molecular weight is 604 g/mol. The normalized spacial score (nSPS) is 14.8. The van der Waals surface area contributed by atoms with Gasteiger partial charge in [0.25, 0.3) is 0 Å². The van der Waals surface area contributed by atoms with Crippen molar-refractivity contribution >= 4 is 45.2 Å². The molecule has 3 aliphatic heterocycles. The van der Waals surface area contributed by atoms with Gasteiger partial charge in [-0.2, -0.15) is 0 Å². The zero-order valence-corrected chi connectivity index (χ0v) is 24.9. The van der Waals surface area contributed by atoms with E-state index in [0.717, 1.165) is 72.8 Å². The first-order valence-electron chi connectivity index (χ1n) is 14.4. The number of nitrogens with zero attached hydrogens (tertiary/aromatic N) is 2. The number of carboxylic acids is 1. The number of aryl methyl sites for hydroxylation is 2. The molecule has 9 heteroatoms. The van der Waals surface area contributed by atoms with Crippen LogP contribution in [-0.4, -0.2) is 44.5 Å². The third kappa shape index (κ3) is 4.08. The summed E-state index contributed by atoms with van der Waals surface area (Å²) >= 11 is 0.709. The highest BCUT2D eigenvalue weighted by Crippen LogP contribution is 2.50. The van der Waals surface area contributed by atoms with Gasteiger partial charge in [-0.3, -0.25) is 0 Å². The molecule has 43 heavy (non-hydrogen) atoms. The summed E-state index contributed by atoms with van der Waals surface area (Å²) in [4.78, 5) is 14.5. The molecule has 0 unspecified atom stereocenters. The molecule has 0 atom stereocenters. The summed E-state index contributed by atoms with van der Waals surface area (Å²) in [6.45, 7) is 1.86. The molecule has 0 radical (unpaired) electrons. The number of anilines is 1. The van der Waals surface area contributed by atoms with Crippen molar-refractivity contribution in [2.24, 2.45) is 0 Å². The van der Waals surface area contributed by atoms with Crippen molar-refractivity contribution in [3.63, 3.8) is 0 Å². The fourth-order valence-corrected chi connectivity index (χ4v) is 7.64. The molecule has 0 amide bonds. The number of hydrogen-bond donors (Lipinski definition) is 1. The second kappa shape index (κ2) is 10.3. The number of rotatable bonds is 3. The Labute approximate surface area is 250 Å². The minimum absolute atomic E-state index is 0.210. The highest BCUT2D eigenvalue weighted by Gasteiger charge is 2.35. The molecular weight excluding hydrogens is 573 g/mol. The van der Waals surface area contributed by atoms with E-state index in [9.17, 15) is 9.90 Å². The first-order valence-corrected chi connectivity index (χ1v) is 15.7. The molecule has 0 saturated heterocycles. The average Bonchev–Trinajstić information content (AvgIpc) is 3.21. The summed E-state index contributed by atoms with van der Waals surface area (Å²) in [6, 6.07) is 11.4. The number of thioether (sulfide) groups is 1. The fraction of sp³-hybridized carbons (Fsp3) is 0.294. The summed E-state index contributed by atoms with van der Waals surface area (Å²) < 4.78 is 56.1. The van der Waals surface area contributed by atoms with Gasteiger partial charge in [0.15, 0.2) is 11.6 Å². The Balaban J connectivity index is 1.81. The van der Waals surface area contributed by atoms with Crippen LogP contribution in [0.25, 0.3) is 44.2 Å². The van der Waals surface area contributed by atoms with Crippen LogP contribution < -0.4 is 14.8 Å². The van der Waals surface area contributed by atoms with Crippen LogP contribution in [0.15, 0.2) is 45.7 Å². The smallest absolute Gasteiger partial charge is 0.339 e. The van der Waals surface area contributed by atoms with Crippen LogP contribution in [0.3, 0.4) is 0 Å². The molecule has 3 aromatic rings. The lowest BCUT2D eigenvalue weighted by Gasteiger charge is -2.33. The highest BCUT2D eigenvalue weighted by molar-refractivity contribution is 7.98. The third-order valence-corrected chi connectivity index (χ3v) is 9.64. The molecule has 0 spiro atoms. The maximum atomic E-state index is 16.6. The van der Waals surface area contributed by atoms with E-state index in [1.165, 1.54) is 6.26 Å². The van der Waals surface area contributed by atoms with Gasteiger partial charge in [0, 0.05) is 46.4 Å². The zero-order valence-electron chi connectivity index (χ0n) is 24.1. The Hall–Kier alpha value is -3.98. The van der Waals surface area contributed by atoms with Gasteiger partial charge in [-0.05, 0) is 61.4 Å². The van der Waals surface area contributed by atoms with E-state index in [0.29, 0.717) is 39.4 Å². The number of carbonyl (C=O) groups is 1. The first kappa shape index (κ1) is 27.8. The van der Waals surface area contributed by atoms with Crippen molar-refractivity contribution < 1.29 is 27.5 Å². The summed E-state index contributed by atoms with van der Waals surface area (Å²) in [6.07, 6.45) is 5.89. The molecular formula is C34H30F3N2O3S+. The third-order valence-electron chi connectivity index (χ3n) is 8.87. The van der Waals surface area contributed by atoms with Crippen LogP contribution in [-0.2, 0) is 12.8 Å². The first-order chi connectivity index (χ1) is 20.7. The number of benzene rings is 4. The summed E-state index contributed by atoms with van der Waals surface area (Å²) in [7, 11) is 3.83. The molecule has 5 nitrogen and oxygen atoms in total. The molecule has 220 valence electrons. The fourth-order valence-electron chi connectivity index (χ4n) is 7.09. The van der Waals surface area contributed by atoms with Crippen molar-refractivity contribution in [2.75, 3.05) is 38.3 Å². The Morgan fingerprint density at radius 2 is 1.65 bits per heavy atom. The molecule has 1 N–H and O–H groups in total. The van der Waals surface area contributed by atoms with Crippen LogP contribution in [0.5, 0.6) is 0 Å². The lowest BCUT2D eigenvalue weighted by Crippen LogP contribution is -2.30. The van der Waals surface area contributed by atoms with Crippen molar-refractivity contribution in [2.45, 2.75) is 37.0 Å². The second-order valence-electron chi connectivity index (χ2n) is 11.5. The Morgan fingerprint density at radius 1 is 0.907 bits per heavy atom. The van der Waals surface area contributed by atoms with Crippen molar-refractivity contribution in [3.8, 4) is 22.5 Å².